The number of methoxy groups -OCH3 is 2. The molecule has 2 amide bonds. The van der Waals surface area contributed by atoms with E-state index >= 15 is 0 Å². The molecule has 3 atom stereocenters. The molecule has 31 heavy (non-hydrogen) atoms. The van der Waals surface area contributed by atoms with E-state index < -0.39 is 6.09 Å². The molecule has 1 fully saturated rings. The Morgan fingerprint density at radius 2 is 2.13 bits per heavy atom. The predicted octanol–water partition coefficient (Wildman–Crippen LogP) is 2.04. The quantitative estimate of drug-likeness (QED) is 0.546. The van der Waals surface area contributed by atoms with Gasteiger partial charge < -0.3 is 24.8 Å². The summed E-state index contributed by atoms with van der Waals surface area (Å²) < 4.78 is 10.1. The Kier molecular flexibility index (Phi) is 7.40. The Morgan fingerprint density at radius 3 is 2.77 bits per heavy atom. The number of aromatic nitrogens is 4. The average Bonchev–Trinajstić information content (AvgIpc) is 3.38. The summed E-state index contributed by atoms with van der Waals surface area (Å²) in [5.41, 5.74) is 1.40. The minimum Gasteiger partial charge on any atom is -0.480 e. The third-order valence-corrected chi connectivity index (χ3v) is 5.44. The number of carbonyl (C=O) groups excluding carboxylic acids is 1. The van der Waals surface area contributed by atoms with Crippen LogP contribution in [0.3, 0.4) is 0 Å². The molecule has 168 valence electrons. The van der Waals surface area contributed by atoms with Gasteiger partial charge in [0.25, 0.3) is 0 Å². The third-order valence-electron chi connectivity index (χ3n) is 5.44. The van der Waals surface area contributed by atoms with Crippen LogP contribution >= 0.6 is 0 Å². The fraction of sp³-hybridized carbons (Fsp3) is 0.550. The lowest BCUT2D eigenvalue weighted by molar-refractivity contribution is -0.115. The predicted molar refractivity (Wildman–Crippen MR) is 111 cm³/mol. The maximum Gasteiger partial charge on any atom is 0.407 e. The van der Waals surface area contributed by atoms with E-state index in [1.165, 1.54) is 24.4 Å². The molecule has 0 bridgehead atoms. The first kappa shape index (κ1) is 22.5. The second-order valence-corrected chi connectivity index (χ2v) is 7.64. The van der Waals surface area contributed by atoms with Crippen molar-refractivity contribution < 1.29 is 24.2 Å². The van der Waals surface area contributed by atoms with Crippen molar-refractivity contribution in [1.82, 2.24) is 25.1 Å². The summed E-state index contributed by atoms with van der Waals surface area (Å²) in [6.45, 7) is 2.20. The van der Waals surface area contributed by atoms with Crippen molar-refractivity contribution in [2.24, 2.45) is 0 Å². The summed E-state index contributed by atoms with van der Waals surface area (Å²) in [6, 6.07) is 1.50. The Balaban J connectivity index is 1.56. The molecule has 2 aromatic heterocycles. The van der Waals surface area contributed by atoms with Crippen LogP contribution in [0, 0.1) is 0 Å². The number of hydrogen-bond donors (Lipinski definition) is 3. The fourth-order valence-corrected chi connectivity index (χ4v) is 4.02. The van der Waals surface area contributed by atoms with Gasteiger partial charge >= 0.3 is 6.09 Å². The largest absolute Gasteiger partial charge is 0.480 e. The number of hydrogen-bond acceptors (Lipinski definition) is 7. The number of carbonyl (C=O) groups is 2. The molecule has 2 unspecified atom stereocenters. The van der Waals surface area contributed by atoms with Crippen LogP contribution in [0.25, 0.3) is 0 Å². The molecule has 3 rings (SSSR count). The van der Waals surface area contributed by atoms with Crippen LogP contribution in [0.2, 0.25) is 0 Å². The van der Waals surface area contributed by atoms with Crippen LogP contribution < -0.4 is 10.1 Å². The van der Waals surface area contributed by atoms with Gasteiger partial charge in [0.05, 0.1) is 44.3 Å². The highest BCUT2D eigenvalue weighted by atomic mass is 16.5. The number of nitrogens with zero attached hydrogens (tertiary/aromatic N) is 4. The topological polar surface area (TPSA) is 143 Å². The standard InChI is InChI=1S/C20H28N6O5/c1-12(11-30-2)26(20(28)29)15-5-4-13(6-15)16-8-17(25-24-16)23-18(27)7-14-9-22-19(31-3)10-21-14/h8-10,12-13,15H,4-7,11H2,1-3H3,(H,28,29)(H2,23,24,25,27)/t12-,13?,15?/m0/s1. The Bertz CT molecular complexity index is 886. The number of amides is 2. The molecule has 11 nitrogen and oxygen atoms in total. The molecular weight excluding hydrogens is 404 g/mol. The summed E-state index contributed by atoms with van der Waals surface area (Å²) >= 11 is 0. The number of aromatic amines is 1. The van der Waals surface area contributed by atoms with Crippen LogP contribution in [-0.2, 0) is 16.0 Å². The van der Waals surface area contributed by atoms with Crippen LogP contribution in [0.5, 0.6) is 5.88 Å². The van der Waals surface area contributed by atoms with Crippen molar-refractivity contribution in [3.8, 4) is 5.88 Å². The lowest BCUT2D eigenvalue weighted by Gasteiger charge is -2.31. The molecule has 11 heteroatoms. The highest BCUT2D eigenvalue weighted by Gasteiger charge is 2.35. The molecule has 2 heterocycles. The maximum atomic E-state index is 12.3. The zero-order chi connectivity index (χ0) is 22.4. The molecule has 1 saturated carbocycles. The summed E-state index contributed by atoms with van der Waals surface area (Å²) in [4.78, 5) is 33.7. The van der Waals surface area contributed by atoms with E-state index in [1.54, 1.807) is 13.2 Å². The van der Waals surface area contributed by atoms with Crippen molar-refractivity contribution in [2.45, 2.75) is 50.6 Å². The van der Waals surface area contributed by atoms with Crippen molar-refractivity contribution in [2.75, 3.05) is 26.1 Å². The zero-order valence-corrected chi connectivity index (χ0v) is 17.9. The minimum atomic E-state index is -0.936. The van der Waals surface area contributed by atoms with E-state index in [-0.39, 0.29) is 30.3 Å². The van der Waals surface area contributed by atoms with E-state index in [0.717, 1.165) is 18.5 Å². The smallest absolute Gasteiger partial charge is 0.407 e. The lowest BCUT2D eigenvalue weighted by Crippen LogP contribution is -2.46. The van der Waals surface area contributed by atoms with E-state index in [1.807, 2.05) is 6.92 Å². The molecule has 0 aliphatic heterocycles. The van der Waals surface area contributed by atoms with Gasteiger partial charge in [-0.3, -0.25) is 14.9 Å². The minimum absolute atomic E-state index is 0.0651. The van der Waals surface area contributed by atoms with Gasteiger partial charge in [0.1, 0.15) is 0 Å². The summed E-state index contributed by atoms with van der Waals surface area (Å²) in [7, 11) is 3.06. The van der Waals surface area contributed by atoms with Crippen LogP contribution in [-0.4, -0.2) is 75.1 Å². The van der Waals surface area contributed by atoms with Crippen molar-refractivity contribution in [1.29, 1.82) is 0 Å². The Labute approximate surface area is 180 Å². The molecule has 0 radical (unpaired) electrons. The number of anilines is 1. The Morgan fingerprint density at radius 1 is 1.32 bits per heavy atom. The summed E-state index contributed by atoms with van der Waals surface area (Å²) in [6.07, 6.45) is 4.38. The molecule has 2 aromatic rings. The van der Waals surface area contributed by atoms with E-state index in [4.69, 9.17) is 9.47 Å². The van der Waals surface area contributed by atoms with Crippen LogP contribution in [0.4, 0.5) is 10.6 Å². The first-order valence-electron chi connectivity index (χ1n) is 10.1. The maximum absolute atomic E-state index is 12.3. The summed E-state index contributed by atoms with van der Waals surface area (Å²) in [5, 5.41) is 19.5. The van der Waals surface area contributed by atoms with Crippen molar-refractivity contribution in [3.05, 3.63) is 29.8 Å². The first-order chi connectivity index (χ1) is 14.9. The molecule has 1 aliphatic carbocycles. The van der Waals surface area contributed by atoms with Gasteiger partial charge in [-0.1, -0.05) is 0 Å². The molecule has 1 aliphatic rings. The molecule has 3 N–H and O–H groups in total. The van der Waals surface area contributed by atoms with Crippen LogP contribution in [0.15, 0.2) is 18.5 Å². The van der Waals surface area contributed by atoms with Gasteiger partial charge in [0, 0.05) is 30.8 Å². The average molecular weight is 432 g/mol. The highest BCUT2D eigenvalue weighted by molar-refractivity contribution is 5.91. The van der Waals surface area contributed by atoms with Crippen molar-refractivity contribution >= 4 is 17.8 Å². The normalized spacial score (nSPS) is 19.1. The molecule has 0 spiro atoms. The number of nitrogens with one attached hydrogen (secondary N) is 2. The SMILES string of the molecule is COC[C@H](C)N(C(=O)O)C1CCC(c2cc(NC(=O)Cc3cnc(OC)cn3)n[nH]2)C1. The van der Waals surface area contributed by atoms with Gasteiger partial charge in [-0.05, 0) is 26.2 Å². The van der Waals surface area contributed by atoms with Gasteiger partial charge in [-0.2, -0.15) is 5.10 Å². The Hall–Kier alpha value is -3.21. The van der Waals surface area contributed by atoms with Gasteiger partial charge in [0.2, 0.25) is 11.8 Å². The van der Waals surface area contributed by atoms with E-state index in [9.17, 15) is 14.7 Å². The number of ether oxygens (including phenoxy) is 2. The number of rotatable bonds is 9. The van der Waals surface area contributed by atoms with E-state index in [2.05, 4.69) is 25.5 Å². The van der Waals surface area contributed by atoms with Gasteiger partial charge in [-0.25, -0.2) is 9.78 Å². The lowest BCUT2D eigenvalue weighted by atomic mass is 10.0. The second kappa shape index (κ2) is 10.2. The number of carboxylic acid groups (broad SMARTS) is 1. The molecule has 0 aromatic carbocycles. The fourth-order valence-electron chi connectivity index (χ4n) is 4.02. The van der Waals surface area contributed by atoms with Gasteiger partial charge in [-0.15, -0.1) is 0 Å². The van der Waals surface area contributed by atoms with Crippen molar-refractivity contribution in [3.63, 3.8) is 0 Å². The summed E-state index contributed by atoms with van der Waals surface area (Å²) in [5.74, 6) is 0.696. The van der Waals surface area contributed by atoms with Crippen LogP contribution in [0.1, 0.15) is 43.5 Å². The molecule has 0 saturated heterocycles. The number of H-pyrrole nitrogens is 1. The zero-order valence-electron chi connectivity index (χ0n) is 17.9. The van der Waals surface area contributed by atoms with Gasteiger partial charge in [0.15, 0.2) is 5.82 Å². The first-order valence-corrected chi connectivity index (χ1v) is 10.1. The third kappa shape index (κ3) is 5.69. The molecular formula is C20H28N6O5. The monoisotopic (exact) mass is 432 g/mol. The highest BCUT2D eigenvalue weighted by Crippen LogP contribution is 2.37. The second-order valence-electron chi connectivity index (χ2n) is 7.64. The van der Waals surface area contributed by atoms with E-state index in [0.29, 0.717) is 30.4 Å².